The highest BCUT2D eigenvalue weighted by Gasteiger charge is 2.07. The predicted octanol–water partition coefficient (Wildman–Crippen LogP) is 3.00. The number of aryl methyl sites for hydroxylation is 1. The number of rotatable bonds is 2. The van der Waals surface area contributed by atoms with Crippen LogP contribution in [-0.4, -0.2) is 10.1 Å². The number of aliphatic hydroxyl groups excluding tert-OH is 1. The topological polar surface area (TPSA) is 53.1 Å². The molecule has 20 heavy (non-hydrogen) atoms. The van der Waals surface area contributed by atoms with Gasteiger partial charge in [0.15, 0.2) is 0 Å². The van der Waals surface area contributed by atoms with Gasteiger partial charge in [0.2, 0.25) is 0 Å². The van der Waals surface area contributed by atoms with E-state index < -0.39 is 0 Å². The van der Waals surface area contributed by atoms with E-state index in [-0.39, 0.29) is 12.2 Å². The number of fused-ring (bicyclic) bond motifs is 1. The maximum atomic E-state index is 12.2. The Kier molecular flexibility index (Phi) is 3.12. The summed E-state index contributed by atoms with van der Waals surface area (Å²) in [6, 6.07) is 15.2. The van der Waals surface area contributed by atoms with E-state index in [2.05, 4.69) is 4.98 Å². The highest BCUT2D eigenvalue weighted by Crippen LogP contribution is 2.24. The Bertz CT molecular complexity index is 834. The SMILES string of the molecule is Cc1ccc2c(=O)[nH]c(-c3ccccc3CO)cc2c1. The summed E-state index contributed by atoms with van der Waals surface area (Å²) >= 11 is 0. The van der Waals surface area contributed by atoms with E-state index in [1.165, 1.54) is 0 Å². The van der Waals surface area contributed by atoms with Crippen molar-refractivity contribution in [3.05, 3.63) is 70.0 Å². The molecule has 100 valence electrons. The Hall–Kier alpha value is -2.39. The van der Waals surface area contributed by atoms with Gasteiger partial charge in [-0.15, -0.1) is 0 Å². The van der Waals surface area contributed by atoms with Crippen LogP contribution in [0, 0.1) is 6.92 Å². The molecule has 2 aromatic carbocycles. The number of aromatic nitrogens is 1. The highest BCUT2D eigenvalue weighted by atomic mass is 16.3. The fraction of sp³-hybridized carbons (Fsp3) is 0.118. The Morgan fingerprint density at radius 3 is 2.70 bits per heavy atom. The number of aliphatic hydroxyl groups is 1. The zero-order valence-electron chi connectivity index (χ0n) is 11.2. The smallest absolute Gasteiger partial charge is 0.256 e. The van der Waals surface area contributed by atoms with E-state index in [4.69, 9.17) is 0 Å². The van der Waals surface area contributed by atoms with Gasteiger partial charge in [-0.1, -0.05) is 42.0 Å². The molecular formula is C17H15NO2. The number of H-pyrrole nitrogens is 1. The van der Waals surface area contributed by atoms with Gasteiger partial charge in [-0.25, -0.2) is 0 Å². The van der Waals surface area contributed by atoms with Crippen molar-refractivity contribution < 1.29 is 5.11 Å². The Balaban J connectivity index is 2.29. The van der Waals surface area contributed by atoms with Crippen LogP contribution in [0.2, 0.25) is 0 Å². The average Bonchev–Trinajstić information content (AvgIpc) is 2.46. The molecule has 0 bridgehead atoms. The molecule has 0 saturated carbocycles. The molecule has 3 nitrogen and oxygen atoms in total. The molecule has 3 rings (SSSR count). The van der Waals surface area contributed by atoms with Gasteiger partial charge in [0.25, 0.3) is 5.56 Å². The van der Waals surface area contributed by atoms with Crippen molar-refractivity contribution in [1.82, 2.24) is 4.98 Å². The molecule has 3 heteroatoms. The largest absolute Gasteiger partial charge is 0.392 e. The lowest BCUT2D eigenvalue weighted by Crippen LogP contribution is -2.08. The molecule has 1 aromatic heterocycles. The van der Waals surface area contributed by atoms with Gasteiger partial charge in [-0.3, -0.25) is 4.79 Å². The molecule has 0 fully saturated rings. The zero-order valence-corrected chi connectivity index (χ0v) is 11.2. The summed E-state index contributed by atoms with van der Waals surface area (Å²) in [4.78, 5) is 15.1. The van der Waals surface area contributed by atoms with E-state index in [1.54, 1.807) is 0 Å². The second-order valence-corrected chi connectivity index (χ2v) is 4.92. The van der Waals surface area contributed by atoms with E-state index >= 15 is 0 Å². The molecule has 0 radical (unpaired) electrons. The van der Waals surface area contributed by atoms with Crippen LogP contribution in [0.4, 0.5) is 0 Å². The van der Waals surface area contributed by atoms with Gasteiger partial charge in [0, 0.05) is 16.6 Å². The van der Waals surface area contributed by atoms with Gasteiger partial charge in [0.1, 0.15) is 0 Å². The number of pyridine rings is 1. The summed E-state index contributed by atoms with van der Waals surface area (Å²) in [5.41, 5.74) is 3.40. The van der Waals surface area contributed by atoms with Gasteiger partial charge >= 0.3 is 0 Å². The van der Waals surface area contributed by atoms with Crippen LogP contribution in [0.5, 0.6) is 0 Å². The zero-order chi connectivity index (χ0) is 14.1. The summed E-state index contributed by atoms with van der Waals surface area (Å²) in [7, 11) is 0. The summed E-state index contributed by atoms with van der Waals surface area (Å²) < 4.78 is 0. The molecule has 0 aliphatic carbocycles. The minimum atomic E-state index is -0.106. The molecule has 0 unspecified atom stereocenters. The second kappa shape index (κ2) is 4.94. The minimum absolute atomic E-state index is 0.0515. The predicted molar refractivity (Wildman–Crippen MR) is 80.7 cm³/mol. The van der Waals surface area contributed by atoms with Crippen molar-refractivity contribution in [1.29, 1.82) is 0 Å². The van der Waals surface area contributed by atoms with Crippen molar-refractivity contribution >= 4 is 10.8 Å². The van der Waals surface area contributed by atoms with Crippen molar-refractivity contribution in [2.75, 3.05) is 0 Å². The Morgan fingerprint density at radius 1 is 1.10 bits per heavy atom. The van der Waals surface area contributed by atoms with Gasteiger partial charge in [0.05, 0.1) is 6.61 Å². The quantitative estimate of drug-likeness (QED) is 0.748. The third-order valence-electron chi connectivity index (χ3n) is 3.48. The molecule has 1 heterocycles. The molecule has 0 atom stereocenters. The first-order valence-corrected chi connectivity index (χ1v) is 6.52. The summed E-state index contributed by atoms with van der Waals surface area (Å²) in [6.07, 6.45) is 0. The van der Waals surface area contributed by atoms with Crippen molar-refractivity contribution in [2.45, 2.75) is 13.5 Å². The first-order valence-electron chi connectivity index (χ1n) is 6.52. The third kappa shape index (κ3) is 2.12. The van der Waals surface area contributed by atoms with E-state index in [0.29, 0.717) is 5.39 Å². The van der Waals surface area contributed by atoms with Gasteiger partial charge < -0.3 is 10.1 Å². The fourth-order valence-electron chi connectivity index (χ4n) is 2.46. The summed E-state index contributed by atoms with van der Waals surface area (Å²) in [6.45, 7) is 1.95. The number of benzene rings is 2. The van der Waals surface area contributed by atoms with Gasteiger partial charge in [-0.05, 0) is 30.0 Å². The van der Waals surface area contributed by atoms with Crippen LogP contribution >= 0.6 is 0 Å². The maximum absolute atomic E-state index is 12.2. The lowest BCUT2D eigenvalue weighted by Gasteiger charge is -2.08. The number of aromatic amines is 1. The third-order valence-corrected chi connectivity index (χ3v) is 3.48. The fourth-order valence-corrected chi connectivity index (χ4v) is 2.46. The first kappa shape index (κ1) is 12.6. The van der Waals surface area contributed by atoms with Gasteiger partial charge in [-0.2, -0.15) is 0 Å². The Morgan fingerprint density at radius 2 is 1.90 bits per heavy atom. The van der Waals surface area contributed by atoms with Crippen LogP contribution in [0.3, 0.4) is 0 Å². The first-order chi connectivity index (χ1) is 9.69. The number of hydrogen-bond donors (Lipinski definition) is 2. The van der Waals surface area contributed by atoms with Crippen molar-refractivity contribution in [2.24, 2.45) is 0 Å². The monoisotopic (exact) mass is 265 g/mol. The highest BCUT2D eigenvalue weighted by molar-refractivity contribution is 5.86. The maximum Gasteiger partial charge on any atom is 0.256 e. The molecule has 0 spiro atoms. The molecule has 0 amide bonds. The average molecular weight is 265 g/mol. The Labute approximate surface area is 116 Å². The molecule has 2 N–H and O–H groups in total. The molecule has 3 aromatic rings. The molecular weight excluding hydrogens is 250 g/mol. The van der Waals surface area contributed by atoms with Crippen LogP contribution < -0.4 is 5.56 Å². The second-order valence-electron chi connectivity index (χ2n) is 4.92. The van der Waals surface area contributed by atoms with Crippen LogP contribution in [-0.2, 0) is 6.61 Å². The normalized spacial score (nSPS) is 10.9. The lowest BCUT2D eigenvalue weighted by molar-refractivity contribution is 0.282. The van der Waals surface area contributed by atoms with E-state index in [1.807, 2.05) is 55.5 Å². The van der Waals surface area contributed by atoms with Crippen LogP contribution in [0.15, 0.2) is 53.3 Å². The van der Waals surface area contributed by atoms with Crippen molar-refractivity contribution in [3.8, 4) is 11.3 Å². The summed E-state index contributed by atoms with van der Waals surface area (Å²) in [5, 5.41) is 11.0. The van der Waals surface area contributed by atoms with E-state index in [0.717, 1.165) is 27.8 Å². The number of hydrogen-bond acceptors (Lipinski definition) is 2. The molecule has 0 saturated heterocycles. The van der Waals surface area contributed by atoms with Crippen LogP contribution in [0.25, 0.3) is 22.0 Å². The van der Waals surface area contributed by atoms with Crippen LogP contribution in [0.1, 0.15) is 11.1 Å². The van der Waals surface area contributed by atoms with E-state index in [9.17, 15) is 9.90 Å². The lowest BCUT2D eigenvalue weighted by atomic mass is 10.0. The molecule has 0 aliphatic heterocycles. The summed E-state index contributed by atoms with van der Waals surface area (Å²) in [5.74, 6) is 0. The minimum Gasteiger partial charge on any atom is -0.392 e. The standard InChI is InChI=1S/C17H15NO2/c1-11-6-7-15-13(8-11)9-16(18-17(15)20)14-5-3-2-4-12(14)10-19/h2-9,19H,10H2,1H3,(H,18,20). The molecule has 0 aliphatic rings. The number of nitrogens with one attached hydrogen (secondary N) is 1. The van der Waals surface area contributed by atoms with Crippen molar-refractivity contribution in [3.63, 3.8) is 0 Å².